The van der Waals surface area contributed by atoms with Crippen LogP contribution >= 0.6 is 0 Å². The average Bonchev–Trinajstić information content (AvgIpc) is 2.00. The number of likely N-dealkylation sites (tertiary alicyclic amines) is 1. The normalized spacial score (nSPS) is 18.9. The van der Waals surface area contributed by atoms with E-state index >= 15 is 0 Å². The van der Waals surface area contributed by atoms with Gasteiger partial charge in [0, 0.05) is 13.1 Å². The molecule has 1 fully saturated rings. The molecule has 1 amide bonds. The first-order valence-electron chi connectivity index (χ1n) is 4.83. The molecule has 0 spiro atoms. The highest BCUT2D eigenvalue weighted by atomic mass is 16.4. The van der Waals surface area contributed by atoms with Gasteiger partial charge in [0.25, 0.3) is 0 Å². The SMILES string of the molecule is CCC[C@@H](N)C(=O)N1CC(C(=O)O)C1. The zero-order valence-electron chi connectivity index (χ0n) is 8.27. The first-order chi connectivity index (χ1) is 6.56. The number of rotatable bonds is 4. The Balaban J connectivity index is 2.32. The second-order valence-corrected chi connectivity index (χ2v) is 3.67. The maximum Gasteiger partial charge on any atom is 0.310 e. The fraction of sp³-hybridized carbons (Fsp3) is 0.778. The van der Waals surface area contributed by atoms with Crippen LogP contribution in [-0.2, 0) is 9.59 Å². The van der Waals surface area contributed by atoms with E-state index in [4.69, 9.17) is 10.8 Å². The van der Waals surface area contributed by atoms with Crippen LogP contribution in [-0.4, -0.2) is 41.0 Å². The Hall–Kier alpha value is -1.10. The van der Waals surface area contributed by atoms with Crippen molar-refractivity contribution in [3.05, 3.63) is 0 Å². The van der Waals surface area contributed by atoms with E-state index in [1.807, 2.05) is 6.92 Å². The number of amides is 1. The van der Waals surface area contributed by atoms with Crippen molar-refractivity contribution in [2.45, 2.75) is 25.8 Å². The molecule has 0 unspecified atom stereocenters. The molecule has 80 valence electrons. The lowest BCUT2D eigenvalue weighted by Crippen LogP contribution is -2.57. The second kappa shape index (κ2) is 4.41. The van der Waals surface area contributed by atoms with Crippen molar-refractivity contribution in [3.8, 4) is 0 Å². The first kappa shape index (κ1) is 11.0. The Labute approximate surface area is 82.9 Å². The predicted molar refractivity (Wildman–Crippen MR) is 50.6 cm³/mol. The van der Waals surface area contributed by atoms with Gasteiger partial charge in [-0.2, -0.15) is 0 Å². The van der Waals surface area contributed by atoms with Crippen molar-refractivity contribution < 1.29 is 14.7 Å². The largest absolute Gasteiger partial charge is 0.481 e. The second-order valence-electron chi connectivity index (χ2n) is 3.67. The molecule has 1 aliphatic heterocycles. The molecule has 5 nitrogen and oxygen atoms in total. The van der Waals surface area contributed by atoms with Crippen molar-refractivity contribution in [3.63, 3.8) is 0 Å². The lowest BCUT2D eigenvalue weighted by Gasteiger charge is -2.38. The van der Waals surface area contributed by atoms with E-state index in [0.717, 1.165) is 6.42 Å². The summed E-state index contributed by atoms with van der Waals surface area (Å²) < 4.78 is 0. The fourth-order valence-corrected chi connectivity index (χ4v) is 1.48. The molecule has 0 aromatic carbocycles. The highest BCUT2D eigenvalue weighted by Gasteiger charge is 2.36. The summed E-state index contributed by atoms with van der Waals surface area (Å²) >= 11 is 0. The average molecular weight is 200 g/mol. The summed E-state index contributed by atoms with van der Waals surface area (Å²) in [6.07, 6.45) is 1.52. The monoisotopic (exact) mass is 200 g/mol. The van der Waals surface area contributed by atoms with Gasteiger partial charge in [-0.15, -0.1) is 0 Å². The van der Waals surface area contributed by atoms with Gasteiger partial charge in [-0.25, -0.2) is 0 Å². The Bertz CT molecular complexity index is 236. The van der Waals surface area contributed by atoms with E-state index < -0.39 is 17.9 Å². The van der Waals surface area contributed by atoms with Crippen LogP contribution in [0.2, 0.25) is 0 Å². The Morgan fingerprint density at radius 2 is 2.14 bits per heavy atom. The molecular formula is C9H16N2O3. The Morgan fingerprint density at radius 1 is 1.57 bits per heavy atom. The lowest BCUT2D eigenvalue weighted by molar-refractivity contribution is -0.153. The predicted octanol–water partition coefficient (Wildman–Crippen LogP) is -0.343. The van der Waals surface area contributed by atoms with Gasteiger partial charge in [-0.05, 0) is 6.42 Å². The van der Waals surface area contributed by atoms with E-state index in [9.17, 15) is 9.59 Å². The van der Waals surface area contributed by atoms with E-state index in [1.165, 1.54) is 4.90 Å². The third-order valence-corrected chi connectivity index (χ3v) is 2.46. The zero-order chi connectivity index (χ0) is 10.7. The Kier molecular flexibility index (Phi) is 3.46. The van der Waals surface area contributed by atoms with Crippen LogP contribution in [0.3, 0.4) is 0 Å². The van der Waals surface area contributed by atoms with Gasteiger partial charge in [0.05, 0.1) is 12.0 Å². The molecule has 0 aromatic rings. The lowest BCUT2D eigenvalue weighted by atomic mass is 9.98. The van der Waals surface area contributed by atoms with Crippen LogP contribution in [0.25, 0.3) is 0 Å². The molecule has 14 heavy (non-hydrogen) atoms. The van der Waals surface area contributed by atoms with E-state index in [1.54, 1.807) is 0 Å². The number of aliphatic carboxylic acids is 1. The fourth-order valence-electron chi connectivity index (χ4n) is 1.48. The summed E-state index contributed by atoms with van der Waals surface area (Å²) in [4.78, 5) is 23.5. The molecule has 5 heteroatoms. The van der Waals surface area contributed by atoms with Crippen molar-refractivity contribution in [1.29, 1.82) is 0 Å². The van der Waals surface area contributed by atoms with Crippen LogP contribution in [0.5, 0.6) is 0 Å². The smallest absolute Gasteiger partial charge is 0.310 e. The van der Waals surface area contributed by atoms with Gasteiger partial charge in [0.2, 0.25) is 5.91 Å². The highest BCUT2D eigenvalue weighted by molar-refractivity contribution is 5.84. The number of carboxylic acids is 1. The van der Waals surface area contributed by atoms with Gasteiger partial charge < -0.3 is 15.7 Å². The quantitative estimate of drug-likeness (QED) is 0.650. The Morgan fingerprint density at radius 3 is 2.57 bits per heavy atom. The molecule has 0 aliphatic carbocycles. The summed E-state index contributed by atoms with van der Waals surface area (Å²) in [7, 11) is 0. The summed E-state index contributed by atoms with van der Waals surface area (Å²) in [6, 6.07) is -0.463. The molecule has 3 N–H and O–H groups in total. The number of carbonyl (C=O) groups is 2. The third-order valence-electron chi connectivity index (χ3n) is 2.46. The molecule has 1 saturated heterocycles. The number of hydrogen-bond acceptors (Lipinski definition) is 3. The standard InChI is InChI=1S/C9H16N2O3/c1-2-3-7(10)8(12)11-4-6(5-11)9(13)14/h6-7H,2-5,10H2,1H3,(H,13,14)/t7-/m1/s1. The number of nitrogens with two attached hydrogens (primary N) is 1. The van der Waals surface area contributed by atoms with Crippen molar-refractivity contribution in [2.24, 2.45) is 11.7 Å². The van der Waals surface area contributed by atoms with Crippen LogP contribution < -0.4 is 5.73 Å². The molecule has 0 saturated carbocycles. The van der Waals surface area contributed by atoms with Crippen molar-refractivity contribution in [1.82, 2.24) is 4.90 Å². The summed E-state index contributed by atoms with van der Waals surface area (Å²) in [5.41, 5.74) is 5.62. The topological polar surface area (TPSA) is 83.6 Å². The van der Waals surface area contributed by atoms with Crippen molar-refractivity contribution >= 4 is 11.9 Å². The summed E-state index contributed by atoms with van der Waals surface area (Å²) in [6.45, 7) is 2.58. The molecule has 1 rings (SSSR count). The number of hydrogen-bond donors (Lipinski definition) is 2. The summed E-state index contributed by atoms with van der Waals surface area (Å²) in [5, 5.41) is 8.61. The molecule has 0 radical (unpaired) electrons. The maximum absolute atomic E-state index is 11.5. The van der Waals surface area contributed by atoms with Crippen molar-refractivity contribution in [2.75, 3.05) is 13.1 Å². The van der Waals surface area contributed by atoms with Gasteiger partial charge in [0.15, 0.2) is 0 Å². The minimum Gasteiger partial charge on any atom is -0.481 e. The van der Waals surface area contributed by atoms with E-state index in [2.05, 4.69) is 0 Å². The summed E-state index contributed by atoms with van der Waals surface area (Å²) in [5.74, 6) is -1.35. The van der Waals surface area contributed by atoms with Crippen LogP contribution in [0.15, 0.2) is 0 Å². The van der Waals surface area contributed by atoms with E-state index in [-0.39, 0.29) is 5.91 Å². The maximum atomic E-state index is 11.5. The minimum atomic E-state index is -0.835. The van der Waals surface area contributed by atoms with E-state index in [0.29, 0.717) is 19.5 Å². The van der Waals surface area contributed by atoms with Gasteiger partial charge in [0.1, 0.15) is 0 Å². The molecule has 1 heterocycles. The highest BCUT2D eigenvalue weighted by Crippen LogP contribution is 2.16. The van der Waals surface area contributed by atoms with Crippen LogP contribution in [0, 0.1) is 5.92 Å². The third kappa shape index (κ3) is 2.23. The number of nitrogens with zero attached hydrogens (tertiary/aromatic N) is 1. The zero-order valence-corrected chi connectivity index (χ0v) is 8.27. The van der Waals surface area contributed by atoms with Crippen LogP contribution in [0.4, 0.5) is 0 Å². The van der Waals surface area contributed by atoms with Gasteiger partial charge in [-0.1, -0.05) is 13.3 Å². The molecule has 0 bridgehead atoms. The minimum absolute atomic E-state index is 0.121. The number of carbonyl (C=O) groups excluding carboxylic acids is 1. The molecule has 1 aliphatic rings. The molecule has 0 aromatic heterocycles. The molecule has 1 atom stereocenters. The number of carboxylic acid groups (broad SMARTS) is 1. The van der Waals surface area contributed by atoms with Crippen LogP contribution in [0.1, 0.15) is 19.8 Å². The first-order valence-corrected chi connectivity index (χ1v) is 4.83. The van der Waals surface area contributed by atoms with Gasteiger partial charge >= 0.3 is 5.97 Å². The van der Waals surface area contributed by atoms with Gasteiger partial charge in [-0.3, -0.25) is 9.59 Å². The molecular weight excluding hydrogens is 184 g/mol.